The van der Waals surface area contributed by atoms with Crippen LogP contribution in [0.4, 0.5) is 0 Å². The molecule has 0 bridgehead atoms. The fourth-order valence-electron chi connectivity index (χ4n) is 3.17. The van der Waals surface area contributed by atoms with Crippen LogP contribution in [0.3, 0.4) is 0 Å². The van der Waals surface area contributed by atoms with Crippen molar-refractivity contribution >= 4 is 0 Å². The molecular weight excluding hydrogens is 224 g/mol. The maximum Gasteiger partial charge on any atom is 0.0611 e. The van der Waals surface area contributed by atoms with E-state index >= 15 is 0 Å². The average molecular weight is 256 g/mol. The summed E-state index contributed by atoms with van der Waals surface area (Å²) in [6.07, 6.45) is 8.37. The topological polar surface area (TPSA) is 49.5 Å². The lowest BCUT2D eigenvalue weighted by Gasteiger charge is -2.37. The fraction of sp³-hybridized carbons (Fsp3) is 1.00. The van der Waals surface area contributed by atoms with Crippen LogP contribution >= 0.6 is 0 Å². The summed E-state index contributed by atoms with van der Waals surface area (Å²) in [6, 6.07) is 0.752. The fourth-order valence-corrected chi connectivity index (χ4v) is 3.17. The van der Waals surface area contributed by atoms with Gasteiger partial charge in [-0.1, -0.05) is 26.7 Å². The molecule has 0 saturated heterocycles. The predicted octanol–water partition coefficient (Wildman–Crippen LogP) is 2.38. The average Bonchev–Trinajstić information content (AvgIpc) is 2.39. The van der Waals surface area contributed by atoms with Gasteiger partial charge in [0.1, 0.15) is 0 Å². The first kappa shape index (κ1) is 15.9. The number of hydrogen-bond acceptors (Lipinski definition) is 3. The lowest BCUT2D eigenvalue weighted by Crippen LogP contribution is -2.44. The van der Waals surface area contributed by atoms with Crippen molar-refractivity contribution in [2.45, 2.75) is 70.4 Å². The van der Waals surface area contributed by atoms with Gasteiger partial charge in [-0.3, -0.25) is 0 Å². The molecular formula is C15H32N2O. The molecule has 3 atom stereocenters. The van der Waals surface area contributed by atoms with Gasteiger partial charge >= 0.3 is 0 Å². The highest BCUT2D eigenvalue weighted by Gasteiger charge is 2.26. The van der Waals surface area contributed by atoms with Gasteiger partial charge in [0.25, 0.3) is 0 Å². The van der Waals surface area contributed by atoms with E-state index in [4.69, 9.17) is 5.73 Å². The Labute approximate surface area is 113 Å². The number of aliphatic hydroxyl groups is 1. The summed E-state index contributed by atoms with van der Waals surface area (Å²) in [4.78, 5) is 2.51. The molecule has 3 N–H and O–H groups in total. The summed E-state index contributed by atoms with van der Waals surface area (Å²) in [5.41, 5.74) is 5.76. The normalized spacial score (nSPS) is 28.3. The van der Waals surface area contributed by atoms with Crippen molar-refractivity contribution in [3.63, 3.8) is 0 Å². The second-order valence-electron chi connectivity index (χ2n) is 6.29. The van der Waals surface area contributed by atoms with E-state index in [0.29, 0.717) is 0 Å². The first-order chi connectivity index (χ1) is 8.52. The van der Waals surface area contributed by atoms with Crippen LogP contribution in [-0.2, 0) is 0 Å². The molecule has 0 aromatic heterocycles. The van der Waals surface area contributed by atoms with Crippen molar-refractivity contribution in [3.8, 4) is 0 Å². The van der Waals surface area contributed by atoms with Crippen molar-refractivity contribution < 1.29 is 5.11 Å². The summed E-state index contributed by atoms with van der Waals surface area (Å²) in [5, 5.41) is 9.30. The monoisotopic (exact) mass is 256 g/mol. The first-order valence-corrected chi connectivity index (χ1v) is 7.62. The molecule has 18 heavy (non-hydrogen) atoms. The summed E-state index contributed by atoms with van der Waals surface area (Å²) in [6.45, 7) is 5.65. The zero-order valence-electron chi connectivity index (χ0n) is 12.5. The maximum atomic E-state index is 9.30. The third kappa shape index (κ3) is 4.52. The van der Waals surface area contributed by atoms with Crippen molar-refractivity contribution in [2.24, 2.45) is 11.7 Å². The summed E-state index contributed by atoms with van der Waals surface area (Å²) in [5.74, 6) is 0.829. The largest absolute Gasteiger partial charge is 0.394 e. The Morgan fingerprint density at radius 2 is 2.00 bits per heavy atom. The Bertz CT molecular complexity index is 229. The van der Waals surface area contributed by atoms with E-state index in [1.807, 2.05) is 0 Å². The van der Waals surface area contributed by atoms with E-state index in [1.54, 1.807) is 0 Å². The highest BCUT2D eigenvalue weighted by atomic mass is 16.3. The molecule has 1 aliphatic carbocycles. The lowest BCUT2D eigenvalue weighted by molar-refractivity contribution is 0.127. The van der Waals surface area contributed by atoms with E-state index in [0.717, 1.165) is 37.8 Å². The summed E-state index contributed by atoms with van der Waals surface area (Å²) >= 11 is 0. The third-order valence-electron chi connectivity index (χ3n) is 4.84. The van der Waals surface area contributed by atoms with Crippen LogP contribution in [-0.4, -0.2) is 41.8 Å². The molecule has 0 heterocycles. The molecule has 3 nitrogen and oxygen atoms in total. The number of rotatable bonds is 7. The van der Waals surface area contributed by atoms with E-state index in [2.05, 4.69) is 25.8 Å². The molecule has 0 amide bonds. The second kappa shape index (κ2) is 7.46. The number of aliphatic hydroxyl groups excluding tert-OH is 1. The van der Waals surface area contributed by atoms with Gasteiger partial charge in [-0.05, 0) is 51.6 Å². The zero-order chi connectivity index (χ0) is 13.6. The van der Waals surface area contributed by atoms with Crippen molar-refractivity contribution in [2.75, 3.05) is 20.2 Å². The van der Waals surface area contributed by atoms with Gasteiger partial charge in [-0.15, -0.1) is 0 Å². The van der Waals surface area contributed by atoms with E-state index in [-0.39, 0.29) is 12.1 Å². The second-order valence-corrected chi connectivity index (χ2v) is 6.29. The van der Waals surface area contributed by atoms with E-state index in [1.165, 1.54) is 25.7 Å². The lowest BCUT2D eigenvalue weighted by atomic mass is 9.85. The molecule has 1 aliphatic rings. The molecule has 3 unspecified atom stereocenters. The van der Waals surface area contributed by atoms with Crippen LogP contribution in [0.25, 0.3) is 0 Å². The van der Waals surface area contributed by atoms with Crippen LogP contribution in [0.2, 0.25) is 0 Å². The van der Waals surface area contributed by atoms with Gasteiger partial charge in [0, 0.05) is 11.6 Å². The standard InChI is InChI=1S/C15H32N2O/c1-4-15(16,12-18)10-7-11-17(3)14-9-6-5-8-13(14)2/h13-14,18H,4-12,16H2,1-3H3. The Hall–Kier alpha value is -0.120. The minimum atomic E-state index is -0.362. The molecule has 0 aromatic rings. The highest BCUT2D eigenvalue weighted by Crippen LogP contribution is 2.27. The number of hydrogen-bond donors (Lipinski definition) is 2. The zero-order valence-corrected chi connectivity index (χ0v) is 12.5. The SMILES string of the molecule is CCC(N)(CO)CCCN(C)C1CCCCC1C. The Morgan fingerprint density at radius 1 is 1.33 bits per heavy atom. The number of nitrogens with two attached hydrogens (primary N) is 1. The van der Waals surface area contributed by atoms with Gasteiger partial charge in [0.2, 0.25) is 0 Å². The number of nitrogens with zero attached hydrogens (tertiary/aromatic N) is 1. The third-order valence-corrected chi connectivity index (χ3v) is 4.84. The van der Waals surface area contributed by atoms with Crippen LogP contribution in [0.15, 0.2) is 0 Å². The molecule has 3 heteroatoms. The summed E-state index contributed by atoms with van der Waals surface area (Å²) in [7, 11) is 2.25. The van der Waals surface area contributed by atoms with Crippen molar-refractivity contribution in [1.82, 2.24) is 4.90 Å². The Balaban J connectivity index is 2.30. The van der Waals surface area contributed by atoms with Crippen LogP contribution in [0, 0.1) is 5.92 Å². The van der Waals surface area contributed by atoms with Gasteiger partial charge in [-0.25, -0.2) is 0 Å². The van der Waals surface area contributed by atoms with Crippen LogP contribution in [0.1, 0.15) is 58.8 Å². The minimum absolute atomic E-state index is 0.104. The van der Waals surface area contributed by atoms with Crippen LogP contribution in [0.5, 0.6) is 0 Å². The smallest absolute Gasteiger partial charge is 0.0611 e. The Kier molecular flexibility index (Phi) is 6.61. The minimum Gasteiger partial charge on any atom is -0.394 e. The van der Waals surface area contributed by atoms with Crippen LogP contribution < -0.4 is 5.73 Å². The highest BCUT2D eigenvalue weighted by molar-refractivity contribution is 4.83. The van der Waals surface area contributed by atoms with Crippen molar-refractivity contribution in [1.29, 1.82) is 0 Å². The predicted molar refractivity (Wildman–Crippen MR) is 77.6 cm³/mol. The van der Waals surface area contributed by atoms with E-state index in [9.17, 15) is 5.11 Å². The Morgan fingerprint density at radius 3 is 2.56 bits per heavy atom. The molecule has 108 valence electrons. The van der Waals surface area contributed by atoms with E-state index < -0.39 is 0 Å². The van der Waals surface area contributed by atoms with Gasteiger partial charge in [0.05, 0.1) is 6.61 Å². The van der Waals surface area contributed by atoms with Gasteiger partial charge in [-0.2, -0.15) is 0 Å². The van der Waals surface area contributed by atoms with Gasteiger partial charge < -0.3 is 15.7 Å². The molecule has 0 aromatic carbocycles. The summed E-state index contributed by atoms with van der Waals surface area (Å²) < 4.78 is 0. The first-order valence-electron chi connectivity index (χ1n) is 7.62. The maximum absolute atomic E-state index is 9.30. The molecule has 0 radical (unpaired) electrons. The van der Waals surface area contributed by atoms with Crippen molar-refractivity contribution in [3.05, 3.63) is 0 Å². The molecule has 0 spiro atoms. The molecule has 1 saturated carbocycles. The van der Waals surface area contributed by atoms with Gasteiger partial charge in [0.15, 0.2) is 0 Å². The molecule has 1 rings (SSSR count). The molecule has 1 fully saturated rings. The molecule has 0 aliphatic heterocycles. The quantitative estimate of drug-likeness (QED) is 0.735.